The van der Waals surface area contributed by atoms with Gasteiger partial charge in [-0.1, -0.05) is 0 Å². The zero-order valence-corrected chi connectivity index (χ0v) is 12.8. The van der Waals surface area contributed by atoms with E-state index in [0.29, 0.717) is 0 Å². The second-order valence-electron chi connectivity index (χ2n) is 6.19. The highest BCUT2D eigenvalue weighted by molar-refractivity contribution is 5.97. The molecule has 24 heavy (non-hydrogen) atoms. The van der Waals surface area contributed by atoms with Crippen LogP contribution in [0, 0.1) is 0 Å². The average molecular weight is 343 g/mol. The van der Waals surface area contributed by atoms with E-state index >= 15 is 0 Å². The van der Waals surface area contributed by atoms with Crippen LogP contribution in [-0.2, 0) is 6.18 Å². The number of H-pyrrole nitrogens is 1. The van der Waals surface area contributed by atoms with Crippen LogP contribution < -0.4 is 0 Å². The van der Waals surface area contributed by atoms with Crippen LogP contribution in [0.15, 0.2) is 18.2 Å². The number of aromatic amines is 1. The summed E-state index contributed by atoms with van der Waals surface area (Å²) < 4.78 is 38.0. The molecule has 0 radical (unpaired) electrons. The first kappa shape index (κ1) is 16.7. The van der Waals surface area contributed by atoms with E-state index in [1.54, 1.807) is 0 Å². The Kier molecular flexibility index (Phi) is 3.80. The summed E-state index contributed by atoms with van der Waals surface area (Å²) in [4.78, 5) is 19.5. The molecule has 0 saturated carbocycles. The van der Waals surface area contributed by atoms with Crippen LogP contribution in [0.5, 0.6) is 0 Å². The Morgan fingerprint density at radius 1 is 1.46 bits per heavy atom. The monoisotopic (exact) mass is 343 g/mol. The summed E-state index contributed by atoms with van der Waals surface area (Å²) >= 11 is 0. The van der Waals surface area contributed by atoms with E-state index in [1.807, 2.05) is 0 Å². The summed E-state index contributed by atoms with van der Waals surface area (Å²) in [7, 11) is 0. The highest BCUT2D eigenvalue weighted by Crippen LogP contribution is 2.29. The van der Waals surface area contributed by atoms with E-state index in [0.717, 1.165) is 0 Å². The van der Waals surface area contributed by atoms with Gasteiger partial charge in [-0.3, -0.25) is 4.79 Å². The van der Waals surface area contributed by atoms with Gasteiger partial charge in [-0.05, 0) is 31.5 Å². The molecule has 1 amide bonds. The van der Waals surface area contributed by atoms with Gasteiger partial charge in [0.05, 0.1) is 22.7 Å². The summed E-state index contributed by atoms with van der Waals surface area (Å²) in [5.41, 5.74) is -0.849. The van der Waals surface area contributed by atoms with Gasteiger partial charge in [0.25, 0.3) is 5.91 Å². The molecule has 1 fully saturated rings. The van der Waals surface area contributed by atoms with Gasteiger partial charge in [-0.2, -0.15) is 13.2 Å². The van der Waals surface area contributed by atoms with E-state index in [-0.39, 0.29) is 36.1 Å². The third kappa shape index (κ3) is 2.96. The Morgan fingerprint density at radius 2 is 2.17 bits per heavy atom. The summed E-state index contributed by atoms with van der Waals surface area (Å²) in [5, 5.41) is 19.8. The van der Waals surface area contributed by atoms with E-state index in [1.165, 1.54) is 30.0 Å². The van der Waals surface area contributed by atoms with Crippen LogP contribution in [0.4, 0.5) is 13.2 Å². The number of imidazole rings is 1. The molecule has 1 aliphatic rings. The first-order chi connectivity index (χ1) is 11.1. The molecular weight excluding hydrogens is 327 g/mol. The van der Waals surface area contributed by atoms with Gasteiger partial charge in [0.1, 0.15) is 0 Å². The zero-order chi connectivity index (χ0) is 17.7. The summed E-state index contributed by atoms with van der Waals surface area (Å²) in [6.45, 7) is 1.70. The Balaban J connectivity index is 1.85. The SMILES string of the molecule is C[C@]1(O)CCN(C(=O)c2ccc3nc(C(F)(F)F)[nH]c3c2)C[C@@H]1O. The maximum Gasteiger partial charge on any atom is 0.449 e. The fourth-order valence-electron chi connectivity index (χ4n) is 2.67. The minimum absolute atomic E-state index is 0.0410. The van der Waals surface area contributed by atoms with E-state index in [9.17, 15) is 28.2 Å². The van der Waals surface area contributed by atoms with E-state index in [4.69, 9.17) is 0 Å². The van der Waals surface area contributed by atoms with Gasteiger partial charge in [0.2, 0.25) is 5.82 Å². The van der Waals surface area contributed by atoms with Crippen molar-refractivity contribution in [2.45, 2.75) is 31.2 Å². The van der Waals surface area contributed by atoms with Crippen LogP contribution >= 0.6 is 0 Å². The van der Waals surface area contributed by atoms with Crippen molar-refractivity contribution in [2.24, 2.45) is 0 Å². The van der Waals surface area contributed by atoms with Crippen molar-refractivity contribution < 1.29 is 28.2 Å². The summed E-state index contributed by atoms with van der Waals surface area (Å²) in [6, 6.07) is 4.04. The molecule has 2 heterocycles. The molecule has 0 spiro atoms. The molecule has 9 heteroatoms. The number of alkyl halides is 3. The number of rotatable bonds is 1. The van der Waals surface area contributed by atoms with Gasteiger partial charge in [0.15, 0.2) is 0 Å². The molecule has 6 nitrogen and oxygen atoms in total. The minimum atomic E-state index is -4.59. The second kappa shape index (κ2) is 5.45. The molecule has 3 rings (SSSR count). The number of aromatic nitrogens is 2. The molecule has 3 N–H and O–H groups in total. The van der Waals surface area contributed by atoms with Crippen molar-refractivity contribution in [3.05, 3.63) is 29.6 Å². The quantitative estimate of drug-likeness (QED) is 0.733. The molecule has 0 unspecified atom stereocenters. The third-order valence-electron chi connectivity index (χ3n) is 4.28. The van der Waals surface area contributed by atoms with Gasteiger partial charge in [-0.25, -0.2) is 4.98 Å². The fraction of sp³-hybridized carbons (Fsp3) is 0.467. The predicted molar refractivity (Wildman–Crippen MR) is 78.2 cm³/mol. The van der Waals surface area contributed by atoms with Crippen LogP contribution in [0.3, 0.4) is 0 Å². The number of β-amino-alcohol motifs (C(OH)–C–C–N with tert-alkyl or cyclic N) is 1. The number of amides is 1. The Hall–Kier alpha value is -2.13. The van der Waals surface area contributed by atoms with Gasteiger partial charge < -0.3 is 20.1 Å². The molecule has 2 atom stereocenters. The topological polar surface area (TPSA) is 89.5 Å². The Morgan fingerprint density at radius 3 is 2.79 bits per heavy atom. The molecule has 1 aromatic heterocycles. The number of carbonyl (C=O) groups excluding carboxylic acids is 1. The van der Waals surface area contributed by atoms with E-state index in [2.05, 4.69) is 9.97 Å². The molecule has 1 aromatic carbocycles. The molecule has 2 aromatic rings. The van der Waals surface area contributed by atoms with Crippen LogP contribution in [0.2, 0.25) is 0 Å². The molecule has 1 aliphatic heterocycles. The number of nitrogens with zero attached hydrogens (tertiary/aromatic N) is 2. The lowest BCUT2D eigenvalue weighted by atomic mass is 9.90. The Labute approximate surface area is 134 Å². The molecule has 0 aliphatic carbocycles. The fourth-order valence-corrected chi connectivity index (χ4v) is 2.67. The van der Waals surface area contributed by atoms with Gasteiger partial charge in [0, 0.05) is 18.7 Å². The van der Waals surface area contributed by atoms with Crippen LogP contribution in [-0.4, -0.2) is 55.8 Å². The minimum Gasteiger partial charge on any atom is -0.388 e. The van der Waals surface area contributed by atoms with Crippen molar-refractivity contribution >= 4 is 16.9 Å². The summed E-state index contributed by atoms with van der Waals surface area (Å²) in [6.07, 6.45) is -5.46. The van der Waals surface area contributed by atoms with Crippen LogP contribution in [0.1, 0.15) is 29.5 Å². The number of aliphatic hydroxyl groups excluding tert-OH is 1. The number of carbonyl (C=O) groups is 1. The van der Waals surface area contributed by atoms with Gasteiger partial charge in [-0.15, -0.1) is 0 Å². The average Bonchev–Trinajstić information content (AvgIpc) is 2.92. The van der Waals surface area contributed by atoms with Crippen molar-refractivity contribution in [3.63, 3.8) is 0 Å². The number of aliphatic hydroxyl groups is 2. The lowest BCUT2D eigenvalue weighted by Gasteiger charge is -2.39. The van der Waals surface area contributed by atoms with Crippen molar-refractivity contribution in [2.75, 3.05) is 13.1 Å². The predicted octanol–water partition coefficient (Wildman–Crippen LogP) is 1.54. The molecular formula is C15H16F3N3O3. The molecule has 1 saturated heterocycles. The summed E-state index contributed by atoms with van der Waals surface area (Å²) in [5.74, 6) is -1.54. The van der Waals surface area contributed by atoms with E-state index < -0.39 is 29.6 Å². The standard InChI is InChI=1S/C15H16F3N3O3/c1-14(24)4-5-21(7-11(14)22)12(23)8-2-3-9-10(6-8)20-13(19-9)15(16,17)18/h2-3,6,11,22,24H,4-5,7H2,1H3,(H,19,20)/t11-,14-/m0/s1. The number of hydrogen-bond acceptors (Lipinski definition) is 4. The maximum atomic E-state index is 12.7. The number of fused-ring (bicyclic) bond motifs is 1. The van der Waals surface area contributed by atoms with Crippen LogP contribution in [0.25, 0.3) is 11.0 Å². The normalized spacial score (nSPS) is 25.2. The first-order valence-corrected chi connectivity index (χ1v) is 7.34. The third-order valence-corrected chi connectivity index (χ3v) is 4.28. The maximum absolute atomic E-state index is 12.7. The molecule has 130 valence electrons. The zero-order valence-electron chi connectivity index (χ0n) is 12.8. The number of halogens is 3. The van der Waals surface area contributed by atoms with Crippen molar-refractivity contribution in [1.82, 2.24) is 14.9 Å². The smallest absolute Gasteiger partial charge is 0.388 e. The second-order valence-corrected chi connectivity index (χ2v) is 6.19. The Bertz CT molecular complexity index is 785. The number of likely N-dealkylation sites (tertiary alicyclic amines) is 1. The molecule has 0 bridgehead atoms. The van der Waals surface area contributed by atoms with Crippen molar-refractivity contribution in [3.8, 4) is 0 Å². The van der Waals surface area contributed by atoms with Crippen molar-refractivity contribution in [1.29, 1.82) is 0 Å². The number of hydrogen-bond donors (Lipinski definition) is 3. The lowest BCUT2D eigenvalue weighted by molar-refractivity contribution is -0.144. The number of nitrogens with one attached hydrogen (secondary N) is 1. The largest absolute Gasteiger partial charge is 0.449 e. The first-order valence-electron chi connectivity index (χ1n) is 7.34. The lowest BCUT2D eigenvalue weighted by Crippen LogP contribution is -2.55. The number of benzene rings is 1. The highest BCUT2D eigenvalue weighted by Gasteiger charge is 2.38. The van der Waals surface area contributed by atoms with Gasteiger partial charge >= 0.3 is 6.18 Å². The number of piperidine rings is 1. The highest BCUT2D eigenvalue weighted by atomic mass is 19.4.